The Morgan fingerprint density at radius 1 is 1.48 bits per heavy atom. The first-order valence-corrected chi connectivity index (χ1v) is 7.07. The number of amides is 1. The van der Waals surface area contributed by atoms with Crippen LogP contribution in [0.4, 0.5) is 5.69 Å². The Labute approximate surface area is 124 Å². The molecule has 0 aliphatic heterocycles. The normalized spacial score (nSPS) is 12.1. The third kappa shape index (κ3) is 3.88. The molecular weight excluding hydrogens is 266 g/mol. The molecule has 0 bridgehead atoms. The number of aromatic nitrogens is 3. The van der Waals surface area contributed by atoms with Gasteiger partial charge in [-0.15, -0.1) is 10.2 Å². The zero-order valence-electron chi connectivity index (χ0n) is 12.4. The molecule has 1 unspecified atom stereocenters. The molecule has 0 aliphatic rings. The van der Waals surface area contributed by atoms with Gasteiger partial charge >= 0.3 is 0 Å². The molecule has 0 radical (unpaired) electrons. The van der Waals surface area contributed by atoms with Crippen molar-refractivity contribution in [1.82, 2.24) is 14.8 Å². The van der Waals surface area contributed by atoms with Crippen molar-refractivity contribution in [3.63, 3.8) is 0 Å². The van der Waals surface area contributed by atoms with Gasteiger partial charge in [-0.25, -0.2) is 0 Å². The lowest BCUT2D eigenvalue weighted by Gasteiger charge is -2.12. The minimum Gasteiger partial charge on any atom is -0.330 e. The number of benzene rings is 1. The van der Waals surface area contributed by atoms with Gasteiger partial charge in [0, 0.05) is 24.2 Å². The van der Waals surface area contributed by atoms with Crippen LogP contribution in [0, 0.1) is 5.92 Å². The van der Waals surface area contributed by atoms with Crippen LogP contribution in [-0.2, 0) is 11.8 Å². The molecular formula is C15H21N5O. The summed E-state index contributed by atoms with van der Waals surface area (Å²) in [6.07, 6.45) is 3.30. The van der Waals surface area contributed by atoms with Crippen molar-refractivity contribution >= 4 is 11.6 Å². The molecule has 0 saturated heterocycles. The third-order valence-electron chi connectivity index (χ3n) is 3.39. The van der Waals surface area contributed by atoms with Gasteiger partial charge in [0.2, 0.25) is 5.91 Å². The number of aryl methyl sites for hydroxylation is 1. The van der Waals surface area contributed by atoms with Crippen LogP contribution in [0.25, 0.3) is 11.4 Å². The molecule has 0 saturated carbocycles. The van der Waals surface area contributed by atoms with Crippen LogP contribution in [0.1, 0.15) is 19.8 Å². The zero-order valence-corrected chi connectivity index (χ0v) is 12.4. The summed E-state index contributed by atoms with van der Waals surface area (Å²) in [4.78, 5) is 12.1. The first-order valence-electron chi connectivity index (χ1n) is 7.07. The van der Waals surface area contributed by atoms with E-state index in [-0.39, 0.29) is 11.8 Å². The smallest absolute Gasteiger partial charge is 0.227 e. The Morgan fingerprint density at radius 3 is 2.95 bits per heavy atom. The SMILES string of the molecule is CC(CCCN)C(=O)Nc1cccc(-c2nncn2C)c1. The van der Waals surface area contributed by atoms with E-state index in [0.29, 0.717) is 6.54 Å². The summed E-state index contributed by atoms with van der Waals surface area (Å²) >= 11 is 0. The van der Waals surface area contributed by atoms with Gasteiger partial charge < -0.3 is 15.6 Å². The summed E-state index contributed by atoms with van der Waals surface area (Å²) in [7, 11) is 1.88. The first kappa shape index (κ1) is 15.2. The van der Waals surface area contributed by atoms with Gasteiger partial charge in [-0.1, -0.05) is 19.1 Å². The number of carbonyl (C=O) groups excluding carboxylic acids is 1. The van der Waals surface area contributed by atoms with E-state index in [0.717, 1.165) is 29.9 Å². The second kappa shape index (κ2) is 6.99. The average Bonchev–Trinajstić information content (AvgIpc) is 2.91. The van der Waals surface area contributed by atoms with E-state index in [9.17, 15) is 4.79 Å². The van der Waals surface area contributed by atoms with Crippen molar-refractivity contribution in [3.8, 4) is 11.4 Å². The van der Waals surface area contributed by atoms with E-state index >= 15 is 0 Å². The molecule has 3 N–H and O–H groups in total. The van der Waals surface area contributed by atoms with Gasteiger partial charge in [0.25, 0.3) is 0 Å². The minimum atomic E-state index is -0.0490. The predicted molar refractivity (Wildman–Crippen MR) is 82.5 cm³/mol. The highest BCUT2D eigenvalue weighted by Gasteiger charge is 2.13. The fraction of sp³-hybridized carbons (Fsp3) is 0.400. The molecule has 0 fully saturated rings. The van der Waals surface area contributed by atoms with Crippen LogP contribution >= 0.6 is 0 Å². The average molecular weight is 287 g/mol. The van der Waals surface area contributed by atoms with E-state index in [1.54, 1.807) is 6.33 Å². The van der Waals surface area contributed by atoms with Crippen molar-refractivity contribution in [1.29, 1.82) is 0 Å². The number of carbonyl (C=O) groups is 1. The van der Waals surface area contributed by atoms with Crippen LogP contribution in [0.2, 0.25) is 0 Å². The molecule has 21 heavy (non-hydrogen) atoms. The van der Waals surface area contributed by atoms with Crippen LogP contribution in [-0.4, -0.2) is 27.2 Å². The van der Waals surface area contributed by atoms with Gasteiger partial charge in [-0.05, 0) is 31.5 Å². The molecule has 1 heterocycles. The maximum absolute atomic E-state index is 12.1. The van der Waals surface area contributed by atoms with Crippen molar-refractivity contribution in [3.05, 3.63) is 30.6 Å². The predicted octanol–water partition coefficient (Wildman–Crippen LogP) is 1.80. The van der Waals surface area contributed by atoms with Crippen molar-refractivity contribution in [2.45, 2.75) is 19.8 Å². The Hall–Kier alpha value is -2.21. The maximum Gasteiger partial charge on any atom is 0.227 e. The van der Waals surface area contributed by atoms with E-state index in [1.165, 1.54) is 0 Å². The molecule has 1 aromatic heterocycles. The Kier molecular flexibility index (Phi) is 5.05. The summed E-state index contributed by atoms with van der Waals surface area (Å²) < 4.78 is 1.84. The van der Waals surface area contributed by atoms with Gasteiger partial charge in [-0.2, -0.15) is 0 Å². The van der Waals surface area contributed by atoms with Gasteiger partial charge in [0.1, 0.15) is 6.33 Å². The third-order valence-corrected chi connectivity index (χ3v) is 3.39. The number of nitrogens with zero attached hydrogens (tertiary/aromatic N) is 3. The topological polar surface area (TPSA) is 85.8 Å². The second-order valence-electron chi connectivity index (χ2n) is 5.17. The van der Waals surface area contributed by atoms with E-state index in [1.807, 2.05) is 42.8 Å². The molecule has 1 aromatic carbocycles. The maximum atomic E-state index is 12.1. The molecule has 112 valence electrons. The van der Waals surface area contributed by atoms with E-state index in [4.69, 9.17) is 5.73 Å². The number of rotatable bonds is 6. The highest BCUT2D eigenvalue weighted by molar-refractivity contribution is 5.92. The summed E-state index contributed by atoms with van der Waals surface area (Å²) in [6, 6.07) is 7.60. The molecule has 2 aromatic rings. The molecule has 1 atom stereocenters. The van der Waals surface area contributed by atoms with Crippen molar-refractivity contribution < 1.29 is 4.79 Å². The lowest BCUT2D eigenvalue weighted by atomic mass is 10.0. The van der Waals surface area contributed by atoms with E-state index < -0.39 is 0 Å². The van der Waals surface area contributed by atoms with Crippen molar-refractivity contribution in [2.24, 2.45) is 18.7 Å². The zero-order chi connectivity index (χ0) is 15.2. The Bertz CT molecular complexity index is 608. The van der Waals surface area contributed by atoms with E-state index in [2.05, 4.69) is 15.5 Å². The molecule has 0 aliphatic carbocycles. The van der Waals surface area contributed by atoms with Gasteiger partial charge in [0.15, 0.2) is 5.82 Å². The second-order valence-corrected chi connectivity index (χ2v) is 5.17. The molecule has 6 heteroatoms. The number of hydrogen-bond donors (Lipinski definition) is 2. The summed E-state index contributed by atoms with van der Waals surface area (Å²) in [5, 5.41) is 10.9. The quantitative estimate of drug-likeness (QED) is 0.848. The number of nitrogens with one attached hydrogen (secondary N) is 1. The summed E-state index contributed by atoms with van der Waals surface area (Å²) in [5.41, 5.74) is 7.15. The van der Waals surface area contributed by atoms with Gasteiger partial charge in [0.05, 0.1) is 0 Å². The Balaban J connectivity index is 2.08. The van der Waals surface area contributed by atoms with Gasteiger partial charge in [-0.3, -0.25) is 4.79 Å². The van der Waals surface area contributed by atoms with Crippen LogP contribution < -0.4 is 11.1 Å². The lowest BCUT2D eigenvalue weighted by molar-refractivity contribution is -0.119. The standard InChI is InChI=1S/C15H21N5O/c1-11(5-4-8-16)15(21)18-13-7-3-6-12(9-13)14-19-17-10-20(14)2/h3,6-7,9-11H,4-5,8,16H2,1-2H3,(H,18,21). The lowest BCUT2D eigenvalue weighted by Crippen LogP contribution is -2.21. The van der Waals surface area contributed by atoms with Crippen LogP contribution in [0.3, 0.4) is 0 Å². The number of nitrogens with two attached hydrogens (primary N) is 1. The monoisotopic (exact) mass is 287 g/mol. The molecule has 6 nitrogen and oxygen atoms in total. The fourth-order valence-corrected chi connectivity index (χ4v) is 2.10. The fourth-order valence-electron chi connectivity index (χ4n) is 2.10. The highest BCUT2D eigenvalue weighted by atomic mass is 16.1. The number of hydrogen-bond acceptors (Lipinski definition) is 4. The molecule has 1 amide bonds. The summed E-state index contributed by atoms with van der Waals surface area (Å²) in [5.74, 6) is 0.730. The summed E-state index contributed by atoms with van der Waals surface area (Å²) in [6.45, 7) is 2.52. The first-order chi connectivity index (χ1) is 10.1. The highest BCUT2D eigenvalue weighted by Crippen LogP contribution is 2.20. The number of anilines is 1. The van der Waals surface area contributed by atoms with Crippen LogP contribution in [0.15, 0.2) is 30.6 Å². The molecule has 2 rings (SSSR count). The molecule has 0 spiro atoms. The largest absolute Gasteiger partial charge is 0.330 e. The van der Waals surface area contributed by atoms with Crippen molar-refractivity contribution in [2.75, 3.05) is 11.9 Å². The Morgan fingerprint density at radius 2 is 2.29 bits per heavy atom. The van der Waals surface area contributed by atoms with Crippen LogP contribution in [0.5, 0.6) is 0 Å². The minimum absolute atomic E-state index is 0.0126.